The summed E-state index contributed by atoms with van der Waals surface area (Å²) in [5.74, 6) is -0.391. The molecular weight excluding hydrogens is 432 g/mol. The molecule has 0 aromatic heterocycles. The van der Waals surface area contributed by atoms with Crippen molar-refractivity contribution in [2.24, 2.45) is 0 Å². The number of sulfonamides is 1. The summed E-state index contributed by atoms with van der Waals surface area (Å²) in [5, 5.41) is 2.85. The predicted octanol–water partition coefficient (Wildman–Crippen LogP) is 5.73. The Morgan fingerprint density at radius 3 is 2.21 bits per heavy atom. The van der Waals surface area contributed by atoms with Gasteiger partial charge < -0.3 is 5.32 Å². The molecule has 0 aliphatic rings. The van der Waals surface area contributed by atoms with Gasteiger partial charge in [0.05, 0.1) is 10.6 Å². The molecule has 1 N–H and O–H groups in total. The second kappa shape index (κ2) is 11.1. The summed E-state index contributed by atoms with van der Waals surface area (Å²) >= 11 is 0. The van der Waals surface area contributed by atoms with Crippen LogP contribution in [0.4, 0.5) is 11.4 Å². The van der Waals surface area contributed by atoms with Crippen molar-refractivity contribution in [2.75, 3.05) is 16.2 Å². The Hall–Kier alpha value is -3.12. The number of carbonyl (C=O) groups excluding carboxylic acids is 1. The molecule has 33 heavy (non-hydrogen) atoms. The summed E-state index contributed by atoms with van der Waals surface area (Å²) in [5.41, 5.74) is 4.22. The van der Waals surface area contributed by atoms with E-state index in [2.05, 4.69) is 12.2 Å². The molecule has 0 spiro atoms. The number of hydrogen-bond donors (Lipinski definition) is 1. The van der Waals surface area contributed by atoms with Gasteiger partial charge in [-0.1, -0.05) is 68.3 Å². The van der Waals surface area contributed by atoms with Gasteiger partial charge in [0.25, 0.3) is 10.0 Å². The molecule has 0 unspecified atom stereocenters. The van der Waals surface area contributed by atoms with Crippen molar-refractivity contribution in [3.63, 3.8) is 0 Å². The zero-order valence-corrected chi connectivity index (χ0v) is 20.4. The molecule has 3 rings (SSSR count). The van der Waals surface area contributed by atoms with Crippen molar-refractivity contribution in [1.29, 1.82) is 0 Å². The van der Waals surface area contributed by atoms with Crippen molar-refractivity contribution in [2.45, 2.75) is 51.3 Å². The minimum atomic E-state index is -3.94. The standard InChI is InChI=1S/C27H32N2O3S/c1-4-6-9-22-14-16-24(17-15-22)28-27(30)20-29(26-11-8-7-10-23(26)5-2)33(31,32)25-18-12-21(3)13-19-25/h7-8,10-19H,4-6,9,20H2,1-3H3,(H,28,30). The maximum atomic E-state index is 13.6. The maximum absolute atomic E-state index is 13.6. The lowest BCUT2D eigenvalue weighted by Gasteiger charge is -2.26. The lowest BCUT2D eigenvalue weighted by atomic mass is 10.1. The van der Waals surface area contributed by atoms with E-state index in [1.165, 1.54) is 9.87 Å². The number of amides is 1. The summed E-state index contributed by atoms with van der Waals surface area (Å²) in [4.78, 5) is 13.1. The highest BCUT2D eigenvalue weighted by Gasteiger charge is 2.28. The van der Waals surface area contributed by atoms with E-state index < -0.39 is 15.9 Å². The third-order valence-electron chi connectivity index (χ3n) is 5.59. The second-order valence-electron chi connectivity index (χ2n) is 8.16. The normalized spacial score (nSPS) is 11.2. The van der Waals surface area contributed by atoms with Gasteiger partial charge in [0.15, 0.2) is 0 Å². The van der Waals surface area contributed by atoms with E-state index in [1.807, 2.05) is 50.2 Å². The van der Waals surface area contributed by atoms with Gasteiger partial charge in [0.1, 0.15) is 6.54 Å². The third kappa shape index (κ3) is 6.23. The Morgan fingerprint density at radius 2 is 1.58 bits per heavy atom. The third-order valence-corrected chi connectivity index (χ3v) is 7.37. The summed E-state index contributed by atoms with van der Waals surface area (Å²) < 4.78 is 28.4. The van der Waals surface area contributed by atoms with E-state index in [0.29, 0.717) is 17.8 Å². The average Bonchev–Trinajstić information content (AvgIpc) is 2.82. The van der Waals surface area contributed by atoms with Crippen LogP contribution in [0.5, 0.6) is 0 Å². The number of hydrogen-bond acceptors (Lipinski definition) is 3. The summed E-state index contributed by atoms with van der Waals surface area (Å²) in [6.07, 6.45) is 3.90. The first-order valence-electron chi connectivity index (χ1n) is 11.4. The molecule has 0 saturated heterocycles. The molecule has 0 heterocycles. The zero-order chi connectivity index (χ0) is 23.8. The van der Waals surface area contributed by atoms with Crippen LogP contribution in [-0.2, 0) is 27.7 Å². The predicted molar refractivity (Wildman–Crippen MR) is 135 cm³/mol. The van der Waals surface area contributed by atoms with Crippen LogP contribution in [0.25, 0.3) is 0 Å². The summed E-state index contributed by atoms with van der Waals surface area (Å²) in [6, 6.07) is 21.7. The first kappa shape index (κ1) is 24.5. The van der Waals surface area contributed by atoms with Crippen LogP contribution in [0.3, 0.4) is 0 Å². The quantitative estimate of drug-likeness (QED) is 0.416. The number of rotatable bonds is 10. The van der Waals surface area contributed by atoms with E-state index in [1.54, 1.807) is 36.4 Å². The number of unbranched alkanes of at least 4 members (excludes halogenated alkanes) is 1. The average molecular weight is 465 g/mol. The number of anilines is 2. The number of aryl methyl sites for hydroxylation is 3. The zero-order valence-electron chi connectivity index (χ0n) is 19.5. The Morgan fingerprint density at radius 1 is 0.909 bits per heavy atom. The first-order valence-corrected chi connectivity index (χ1v) is 12.8. The molecule has 0 fully saturated rings. The summed E-state index contributed by atoms with van der Waals surface area (Å²) in [7, 11) is -3.94. The molecule has 0 aliphatic heterocycles. The largest absolute Gasteiger partial charge is 0.325 e. The number of para-hydroxylation sites is 1. The maximum Gasteiger partial charge on any atom is 0.264 e. The van der Waals surface area contributed by atoms with Crippen LogP contribution in [0, 0.1) is 6.92 Å². The van der Waals surface area contributed by atoms with Crippen molar-refractivity contribution in [3.05, 3.63) is 89.5 Å². The molecule has 0 aliphatic carbocycles. The van der Waals surface area contributed by atoms with Gasteiger partial charge in [0, 0.05) is 5.69 Å². The highest BCUT2D eigenvalue weighted by Crippen LogP contribution is 2.28. The first-order chi connectivity index (χ1) is 15.8. The topological polar surface area (TPSA) is 66.5 Å². The van der Waals surface area contributed by atoms with Gasteiger partial charge >= 0.3 is 0 Å². The Bertz CT molecular complexity index is 1170. The van der Waals surface area contributed by atoms with E-state index in [9.17, 15) is 13.2 Å². The molecule has 0 saturated carbocycles. The number of nitrogens with one attached hydrogen (secondary N) is 1. The fourth-order valence-electron chi connectivity index (χ4n) is 3.66. The van der Waals surface area contributed by atoms with Gasteiger partial charge in [-0.3, -0.25) is 9.10 Å². The molecule has 1 amide bonds. The smallest absolute Gasteiger partial charge is 0.264 e. The second-order valence-corrected chi connectivity index (χ2v) is 10.0. The molecular formula is C27H32N2O3S. The molecule has 6 heteroatoms. The van der Waals surface area contributed by atoms with Crippen molar-refractivity contribution < 1.29 is 13.2 Å². The van der Waals surface area contributed by atoms with Crippen LogP contribution in [-0.4, -0.2) is 20.9 Å². The Kier molecular flexibility index (Phi) is 8.28. The van der Waals surface area contributed by atoms with Gasteiger partial charge in [-0.15, -0.1) is 0 Å². The SMILES string of the molecule is CCCCc1ccc(NC(=O)CN(c2ccccc2CC)S(=O)(=O)c2ccc(C)cc2)cc1. The number of carbonyl (C=O) groups is 1. The van der Waals surface area contributed by atoms with Crippen LogP contribution in [0.2, 0.25) is 0 Å². The lowest BCUT2D eigenvalue weighted by Crippen LogP contribution is -2.38. The van der Waals surface area contributed by atoms with Crippen LogP contribution >= 0.6 is 0 Å². The molecule has 3 aromatic carbocycles. The number of benzene rings is 3. The minimum absolute atomic E-state index is 0.159. The van der Waals surface area contributed by atoms with Gasteiger partial charge in [0.2, 0.25) is 5.91 Å². The Labute approximate surface area is 197 Å². The molecule has 0 bridgehead atoms. The Balaban J connectivity index is 1.88. The van der Waals surface area contributed by atoms with Gasteiger partial charge in [-0.2, -0.15) is 0 Å². The van der Waals surface area contributed by atoms with E-state index >= 15 is 0 Å². The van der Waals surface area contributed by atoms with Crippen LogP contribution < -0.4 is 9.62 Å². The lowest BCUT2D eigenvalue weighted by molar-refractivity contribution is -0.114. The highest BCUT2D eigenvalue weighted by atomic mass is 32.2. The molecule has 5 nitrogen and oxygen atoms in total. The van der Waals surface area contributed by atoms with Gasteiger partial charge in [-0.25, -0.2) is 8.42 Å². The number of nitrogens with zero attached hydrogens (tertiary/aromatic N) is 1. The highest BCUT2D eigenvalue weighted by molar-refractivity contribution is 7.92. The van der Waals surface area contributed by atoms with E-state index in [0.717, 1.165) is 30.4 Å². The van der Waals surface area contributed by atoms with Crippen molar-refractivity contribution in [1.82, 2.24) is 0 Å². The molecule has 0 atom stereocenters. The minimum Gasteiger partial charge on any atom is -0.325 e. The van der Waals surface area contributed by atoms with Crippen LogP contribution in [0.15, 0.2) is 77.7 Å². The van der Waals surface area contributed by atoms with Crippen molar-refractivity contribution in [3.8, 4) is 0 Å². The molecule has 3 aromatic rings. The van der Waals surface area contributed by atoms with Crippen LogP contribution in [0.1, 0.15) is 43.4 Å². The van der Waals surface area contributed by atoms with Crippen molar-refractivity contribution >= 4 is 27.3 Å². The fourth-order valence-corrected chi connectivity index (χ4v) is 5.12. The summed E-state index contributed by atoms with van der Waals surface area (Å²) in [6.45, 7) is 5.71. The van der Waals surface area contributed by atoms with Gasteiger partial charge in [-0.05, 0) is 67.6 Å². The monoisotopic (exact) mass is 464 g/mol. The fraction of sp³-hybridized carbons (Fsp3) is 0.296. The van der Waals surface area contributed by atoms with E-state index in [4.69, 9.17) is 0 Å². The molecule has 174 valence electrons. The molecule has 0 radical (unpaired) electrons. The van der Waals surface area contributed by atoms with E-state index in [-0.39, 0.29) is 11.4 Å².